The third kappa shape index (κ3) is 6.29. The lowest BCUT2D eigenvalue weighted by Gasteiger charge is -2.09. The smallest absolute Gasteiger partial charge is 0.236 e. The first kappa shape index (κ1) is 24.9. The molecular weight excluding hydrogens is 478 g/mol. The lowest BCUT2D eigenvalue weighted by molar-refractivity contribution is -0.113. The molecule has 0 radical (unpaired) electrons. The topological polar surface area (TPSA) is 81.9 Å². The van der Waals surface area contributed by atoms with E-state index in [1.807, 2.05) is 29.0 Å². The molecule has 2 heterocycles. The second kappa shape index (κ2) is 11.5. The monoisotopic (exact) mass is 507 g/mol. The molecule has 0 saturated heterocycles. The summed E-state index contributed by atoms with van der Waals surface area (Å²) >= 11 is 2.77. The Kier molecular flexibility index (Phi) is 8.20. The molecule has 0 fully saturated rings. The largest absolute Gasteiger partial charge is 0.486 e. The lowest BCUT2D eigenvalue weighted by atomic mass is 10.1. The van der Waals surface area contributed by atoms with Crippen molar-refractivity contribution in [2.45, 2.75) is 52.4 Å². The molecule has 182 valence electrons. The van der Waals surface area contributed by atoms with Crippen LogP contribution >= 0.6 is 23.1 Å². The van der Waals surface area contributed by atoms with E-state index in [9.17, 15) is 4.79 Å². The molecule has 2 aromatic heterocycles. The maximum Gasteiger partial charge on any atom is 0.236 e. The maximum absolute atomic E-state index is 12.6. The molecule has 0 spiro atoms. The van der Waals surface area contributed by atoms with Crippen LogP contribution < -0.4 is 10.1 Å². The minimum atomic E-state index is -0.129. The number of carbonyl (C=O) groups excluding carboxylic acids is 1. The van der Waals surface area contributed by atoms with Crippen LogP contribution in [-0.4, -0.2) is 31.4 Å². The highest BCUT2D eigenvalue weighted by Crippen LogP contribution is 2.27. The fourth-order valence-corrected chi connectivity index (χ4v) is 5.03. The highest BCUT2D eigenvalue weighted by molar-refractivity contribution is 7.99. The quantitative estimate of drug-likeness (QED) is 0.269. The van der Waals surface area contributed by atoms with Crippen molar-refractivity contribution in [3.63, 3.8) is 0 Å². The first-order chi connectivity index (χ1) is 17.0. The van der Waals surface area contributed by atoms with Gasteiger partial charge < -0.3 is 14.6 Å². The van der Waals surface area contributed by atoms with Crippen molar-refractivity contribution in [1.82, 2.24) is 19.7 Å². The van der Waals surface area contributed by atoms with Crippen LogP contribution in [0.3, 0.4) is 0 Å². The van der Waals surface area contributed by atoms with Crippen molar-refractivity contribution in [3.05, 3.63) is 70.4 Å². The van der Waals surface area contributed by atoms with Crippen LogP contribution in [0.15, 0.2) is 53.0 Å². The molecule has 4 rings (SSSR count). The van der Waals surface area contributed by atoms with Gasteiger partial charge in [0.2, 0.25) is 5.91 Å². The third-order valence-corrected chi connectivity index (χ3v) is 7.42. The molecule has 0 atom stereocenters. The van der Waals surface area contributed by atoms with E-state index >= 15 is 0 Å². The Balaban J connectivity index is 1.32. The van der Waals surface area contributed by atoms with Crippen molar-refractivity contribution in [2.75, 3.05) is 11.1 Å². The number of thioether (sulfide) groups is 1. The molecule has 4 aromatic rings. The molecular formula is C26H29N5O2S2. The van der Waals surface area contributed by atoms with E-state index in [0.717, 1.165) is 29.3 Å². The second-order valence-corrected chi connectivity index (χ2v) is 9.90. The Morgan fingerprint density at radius 1 is 1.09 bits per heavy atom. The average molecular weight is 508 g/mol. The number of rotatable bonds is 10. The summed E-state index contributed by atoms with van der Waals surface area (Å²) in [4.78, 5) is 17.1. The summed E-state index contributed by atoms with van der Waals surface area (Å²) in [5.41, 5.74) is 5.64. The molecule has 1 N–H and O–H groups in total. The first-order valence-electron chi connectivity index (χ1n) is 11.6. The lowest BCUT2D eigenvalue weighted by Crippen LogP contribution is -2.14. The van der Waals surface area contributed by atoms with Crippen molar-refractivity contribution in [2.24, 2.45) is 0 Å². The summed E-state index contributed by atoms with van der Waals surface area (Å²) in [7, 11) is 0. The number of benzene rings is 2. The van der Waals surface area contributed by atoms with E-state index in [1.165, 1.54) is 39.8 Å². The van der Waals surface area contributed by atoms with Gasteiger partial charge in [0, 0.05) is 17.5 Å². The Morgan fingerprint density at radius 2 is 1.89 bits per heavy atom. The van der Waals surface area contributed by atoms with Gasteiger partial charge in [0.25, 0.3) is 0 Å². The van der Waals surface area contributed by atoms with E-state index in [4.69, 9.17) is 4.74 Å². The molecule has 0 unspecified atom stereocenters. The number of anilines is 1. The number of carbonyl (C=O) groups is 1. The zero-order valence-corrected chi connectivity index (χ0v) is 22.0. The molecule has 0 aliphatic heterocycles. The molecule has 7 nitrogen and oxygen atoms in total. The van der Waals surface area contributed by atoms with Crippen molar-refractivity contribution < 1.29 is 9.53 Å². The van der Waals surface area contributed by atoms with Crippen LogP contribution in [0.25, 0.3) is 11.3 Å². The first-order valence-corrected chi connectivity index (χ1v) is 13.4. The zero-order chi connectivity index (χ0) is 24.8. The molecule has 0 saturated carbocycles. The van der Waals surface area contributed by atoms with Crippen molar-refractivity contribution in [1.29, 1.82) is 0 Å². The molecule has 0 aliphatic rings. The van der Waals surface area contributed by atoms with Gasteiger partial charge in [-0.05, 0) is 62.1 Å². The number of hydrogen-bond donors (Lipinski definition) is 1. The summed E-state index contributed by atoms with van der Waals surface area (Å²) < 4.78 is 7.86. The predicted octanol–water partition coefficient (Wildman–Crippen LogP) is 5.91. The minimum Gasteiger partial charge on any atom is -0.486 e. The SMILES string of the molecule is CCc1ccc(OCc2nnc(SCC(=O)Nc3nc(-c4ccc(C)c(C)c4)cs3)n2CC)cc1. The standard InChI is InChI=1S/C26H29N5O2S2/c1-5-19-8-11-21(12-9-19)33-14-23-29-30-26(31(23)6-2)35-16-24(32)28-25-27-22(15-34-25)20-10-7-17(3)18(4)13-20/h7-13,15H,5-6,14,16H2,1-4H3,(H,27,28,32). The molecule has 9 heteroatoms. The number of amides is 1. The van der Waals surface area contributed by atoms with Gasteiger partial charge in [0.1, 0.15) is 12.4 Å². The predicted molar refractivity (Wildman–Crippen MR) is 142 cm³/mol. The Hall–Kier alpha value is -3.17. The molecule has 35 heavy (non-hydrogen) atoms. The summed E-state index contributed by atoms with van der Waals surface area (Å²) in [6, 6.07) is 14.3. The highest BCUT2D eigenvalue weighted by atomic mass is 32.2. The van der Waals surface area contributed by atoms with Gasteiger partial charge in [-0.1, -0.05) is 43.0 Å². The van der Waals surface area contributed by atoms with Gasteiger partial charge >= 0.3 is 0 Å². The van der Waals surface area contributed by atoms with Crippen LogP contribution in [-0.2, 0) is 24.4 Å². The van der Waals surface area contributed by atoms with Gasteiger partial charge in [0.15, 0.2) is 16.1 Å². The van der Waals surface area contributed by atoms with Gasteiger partial charge in [-0.15, -0.1) is 21.5 Å². The average Bonchev–Trinajstić information content (AvgIpc) is 3.50. The maximum atomic E-state index is 12.6. The van der Waals surface area contributed by atoms with E-state index in [-0.39, 0.29) is 11.7 Å². The van der Waals surface area contributed by atoms with Crippen molar-refractivity contribution >= 4 is 34.1 Å². The van der Waals surface area contributed by atoms with Crippen LogP contribution in [0.4, 0.5) is 5.13 Å². The Morgan fingerprint density at radius 3 is 2.60 bits per heavy atom. The Labute approximate surface area is 214 Å². The van der Waals surface area contributed by atoms with Crippen LogP contribution in [0, 0.1) is 13.8 Å². The van der Waals surface area contributed by atoms with E-state index in [1.54, 1.807) is 0 Å². The number of aromatic nitrogens is 4. The number of thiazole rings is 1. The number of nitrogens with zero attached hydrogens (tertiary/aromatic N) is 4. The van der Waals surface area contributed by atoms with E-state index < -0.39 is 0 Å². The summed E-state index contributed by atoms with van der Waals surface area (Å²) in [6.45, 7) is 9.33. The van der Waals surface area contributed by atoms with Gasteiger partial charge in [0.05, 0.1) is 11.4 Å². The van der Waals surface area contributed by atoms with Gasteiger partial charge in [-0.2, -0.15) is 0 Å². The summed E-state index contributed by atoms with van der Waals surface area (Å²) in [6.07, 6.45) is 0.995. The van der Waals surface area contributed by atoms with E-state index in [0.29, 0.717) is 23.4 Å². The number of aryl methyl sites for hydroxylation is 3. The fourth-order valence-electron chi connectivity index (χ4n) is 3.47. The normalized spacial score (nSPS) is 11.0. The Bertz CT molecular complexity index is 1300. The molecule has 0 aliphatic carbocycles. The van der Waals surface area contributed by atoms with Gasteiger partial charge in [-0.25, -0.2) is 4.98 Å². The van der Waals surface area contributed by atoms with Crippen LogP contribution in [0.1, 0.15) is 36.4 Å². The third-order valence-electron chi connectivity index (χ3n) is 5.69. The summed E-state index contributed by atoms with van der Waals surface area (Å²) in [5.74, 6) is 1.61. The number of nitrogens with one attached hydrogen (secondary N) is 1. The molecule has 1 amide bonds. The summed E-state index contributed by atoms with van der Waals surface area (Å²) in [5, 5.41) is 14.7. The number of ether oxygens (including phenoxy) is 1. The van der Waals surface area contributed by atoms with Crippen LogP contribution in [0.5, 0.6) is 5.75 Å². The second-order valence-electron chi connectivity index (χ2n) is 8.10. The van der Waals surface area contributed by atoms with E-state index in [2.05, 4.69) is 71.6 Å². The highest BCUT2D eigenvalue weighted by Gasteiger charge is 2.15. The van der Waals surface area contributed by atoms with Gasteiger partial charge in [-0.3, -0.25) is 4.79 Å². The number of hydrogen-bond acceptors (Lipinski definition) is 7. The van der Waals surface area contributed by atoms with Crippen molar-refractivity contribution in [3.8, 4) is 17.0 Å². The zero-order valence-electron chi connectivity index (χ0n) is 20.4. The fraction of sp³-hybridized carbons (Fsp3) is 0.308. The molecule has 2 aromatic carbocycles. The minimum absolute atomic E-state index is 0.129. The molecule has 0 bridgehead atoms. The van der Waals surface area contributed by atoms with Crippen LogP contribution in [0.2, 0.25) is 0 Å².